The van der Waals surface area contributed by atoms with Crippen LogP contribution < -0.4 is 25.5 Å². The highest BCUT2D eigenvalue weighted by molar-refractivity contribution is 6.36. The average Bonchev–Trinajstić information content (AvgIpc) is 2.86. The fourth-order valence-corrected chi connectivity index (χ4v) is 4.43. The van der Waals surface area contributed by atoms with E-state index in [1.165, 1.54) is 13.2 Å². The maximum Gasteiger partial charge on any atom is 0.282 e. The van der Waals surface area contributed by atoms with E-state index in [9.17, 15) is 15.2 Å². The second-order valence-electron chi connectivity index (χ2n) is 8.38. The number of carbonyl (C=O) groups excluding carboxylic acids is 1. The van der Waals surface area contributed by atoms with Crippen LogP contribution in [0.5, 0.6) is 5.88 Å². The lowest BCUT2D eigenvalue weighted by Gasteiger charge is -2.33. The van der Waals surface area contributed by atoms with Gasteiger partial charge < -0.3 is 25.5 Å². The van der Waals surface area contributed by atoms with E-state index in [-0.39, 0.29) is 17.5 Å². The van der Waals surface area contributed by atoms with Crippen LogP contribution in [-0.4, -0.2) is 72.9 Å². The van der Waals surface area contributed by atoms with E-state index >= 15 is 0 Å². The Morgan fingerprint density at radius 2 is 1.78 bits per heavy atom. The molecule has 4 rings (SSSR count). The van der Waals surface area contributed by atoms with E-state index in [1.807, 2.05) is 24.1 Å². The first-order valence-corrected chi connectivity index (χ1v) is 12.2. The predicted molar refractivity (Wildman–Crippen MR) is 143 cm³/mol. The molecule has 1 amide bonds. The van der Waals surface area contributed by atoms with Gasteiger partial charge in [0.2, 0.25) is 11.6 Å². The van der Waals surface area contributed by atoms with E-state index < -0.39 is 5.23 Å². The highest BCUT2D eigenvalue weighted by Crippen LogP contribution is 2.36. The number of aromatic nitrogens is 2. The minimum atomic E-state index is -1.11. The Kier molecular flexibility index (Phi) is 8.64. The molecule has 196 valence electrons. The third-order valence-corrected chi connectivity index (χ3v) is 6.33. The van der Waals surface area contributed by atoms with Crippen LogP contribution in [0.1, 0.15) is 0 Å². The summed E-state index contributed by atoms with van der Waals surface area (Å²) in [5.74, 6) is 1.10. The van der Waals surface area contributed by atoms with Crippen molar-refractivity contribution in [3.05, 3.63) is 57.7 Å². The van der Waals surface area contributed by atoms with Gasteiger partial charge >= 0.3 is 0 Å². The van der Waals surface area contributed by atoms with Crippen molar-refractivity contribution in [3.8, 4) is 17.1 Å². The summed E-state index contributed by atoms with van der Waals surface area (Å²) >= 11 is 12.6. The number of hydrogen-bond donors (Lipinski definition) is 4. The summed E-state index contributed by atoms with van der Waals surface area (Å²) < 4.78 is 5.06. The molecular weight excluding hydrogens is 521 g/mol. The minimum Gasteiger partial charge on any atom is -0.595 e. The van der Waals surface area contributed by atoms with Gasteiger partial charge in [0.1, 0.15) is 11.6 Å². The largest absolute Gasteiger partial charge is 0.595 e. The van der Waals surface area contributed by atoms with Gasteiger partial charge in [-0.1, -0.05) is 23.2 Å². The Hall–Kier alpha value is -3.19. The van der Waals surface area contributed by atoms with Crippen LogP contribution in [0.2, 0.25) is 10.0 Å². The number of carbonyl (C=O) groups is 1. The molecule has 0 aliphatic carbocycles. The van der Waals surface area contributed by atoms with Gasteiger partial charge in [0.05, 0.1) is 30.1 Å². The standard InChI is InChI=1S/C24H27Cl2N7O4/c1-31-11-12-32(22(34)14-31)18-5-7-20(29-23(18)16-4-3-15(25)13-17(16)26)27-9-10-28-21-8-6-19(33(35)36)24(30-21)37-2/h3-8,13,33,35H,9-12,14H2,1-2H3,(H,27,29)(H,28,30). The van der Waals surface area contributed by atoms with Crippen LogP contribution in [0.15, 0.2) is 42.5 Å². The van der Waals surface area contributed by atoms with Gasteiger partial charge in [-0.05, 0) is 43.4 Å². The lowest BCUT2D eigenvalue weighted by atomic mass is 10.1. The van der Waals surface area contributed by atoms with Gasteiger partial charge in [-0.3, -0.25) is 9.69 Å². The van der Waals surface area contributed by atoms with Crippen molar-refractivity contribution in [3.63, 3.8) is 0 Å². The first kappa shape index (κ1) is 26.9. The molecule has 1 fully saturated rings. The highest BCUT2D eigenvalue weighted by Gasteiger charge is 2.26. The number of anilines is 3. The van der Waals surface area contributed by atoms with Gasteiger partial charge in [0.15, 0.2) is 0 Å². The number of ether oxygens (including phenoxy) is 1. The van der Waals surface area contributed by atoms with Gasteiger partial charge in [-0.25, -0.2) is 10.2 Å². The zero-order valence-electron chi connectivity index (χ0n) is 20.3. The molecule has 0 bridgehead atoms. The third-order valence-electron chi connectivity index (χ3n) is 5.78. The lowest BCUT2D eigenvalue weighted by molar-refractivity contribution is -0.991. The maximum atomic E-state index is 12.8. The normalized spacial score (nSPS) is 15.0. The van der Waals surface area contributed by atoms with Gasteiger partial charge in [0.25, 0.3) is 5.88 Å². The molecule has 1 aliphatic rings. The number of quaternary nitrogens is 1. The highest BCUT2D eigenvalue weighted by atomic mass is 35.5. The Bertz CT molecular complexity index is 1280. The number of likely N-dealkylation sites (N-methyl/N-ethyl adjacent to an activating group) is 1. The SMILES string of the molecule is COc1nc(NCCNc2ccc(N3CCN(C)CC3=O)c(-c3ccc(Cl)cc3Cl)n2)ccc1[NH+]([O-])O. The Morgan fingerprint density at radius 3 is 2.43 bits per heavy atom. The number of nitrogens with zero attached hydrogens (tertiary/aromatic N) is 4. The van der Waals surface area contributed by atoms with E-state index in [0.717, 1.165) is 6.54 Å². The van der Waals surface area contributed by atoms with Crippen LogP contribution in [0.4, 0.5) is 23.0 Å². The van der Waals surface area contributed by atoms with E-state index in [2.05, 4.69) is 15.6 Å². The van der Waals surface area contributed by atoms with Crippen molar-refractivity contribution in [1.82, 2.24) is 14.9 Å². The van der Waals surface area contributed by atoms with Crippen LogP contribution >= 0.6 is 23.2 Å². The van der Waals surface area contributed by atoms with E-state index in [0.29, 0.717) is 64.8 Å². The van der Waals surface area contributed by atoms with Crippen LogP contribution in [0.25, 0.3) is 11.3 Å². The minimum absolute atomic E-state index is 0.0105. The fraction of sp³-hybridized carbons (Fsp3) is 0.292. The van der Waals surface area contributed by atoms with Gasteiger partial charge in [0, 0.05) is 42.8 Å². The first-order valence-electron chi connectivity index (χ1n) is 11.5. The summed E-state index contributed by atoms with van der Waals surface area (Å²) in [6, 6.07) is 11.9. The van der Waals surface area contributed by atoms with E-state index in [1.54, 1.807) is 29.2 Å². The number of pyridine rings is 2. The summed E-state index contributed by atoms with van der Waals surface area (Å²) in [5, 5.41) is 26.6. The lowest BCUT2D eigenvalue weighted by Crippen LogP contribution is -2.99. The number of methoxy groups -OCH3 is 1. The first-order chi connectivity index (χ1) is 17.8. The van der Waals surface area contributed by atoms with E-state index in [4.69, 9.17) is 32.9 Å². The molecule has 2 aromatic heterocycles. The summed E-state index contributed by atoms with van der Waals surface area (Å²) in [5.41, 5.74) is 1.92. The second-order valence-corrected chi connectivity index (χ2v) is 9.23. The summed E-state index contributed by atoms with van der Waals surface area (Å²) in [6.07, 6.45) is 0. The molecule has 1 unspecified atom stereocenters. The number of halogens is 2. The summed E-state index contributed by atoms with van der Waals surface area (Å²) in [6.45, 7) is 2.57. The zero-order valence-corrected chi connectivity index (χ0v) is 21.8. The fourth-order valence-electron chi connectivity index (χ4n) is 3.93. The number of rotatable bonds is 9. The number of nitrogens with one attached hydrogen (secondary N) is 3. The predicted octanol–water partition coefficient (Wildman–Crippen LogP) is 2.66. The van der Waals surface area contributed by atoms with Crippen molar-refractivity contribution in [2.45, 2.75) is 0 Å². The molecule has 37 heavy (non-hydrogen) atoms. The zero-order chi connectivity index (χ0) is 26.5. The molecule has 1 aromatic carbocycles. The number of piperazine rings is 1. The van der Waals surface area contributed by atoms with Crippen molar-refractivity contribution < 1.29 is 20.0 Å². The summed E-state index contributed by atoms with van der Waals surface area (Å²) in [7, 11) is 3.29. The molecule has 13 heteroatoms. The molecule has 3 heterocycles. The van der Waals surface area contributed by atoms with Crippen molar-refractivity contribution in [2.75, 3.05) is 62.4 Å². The third kappa shape index (κ3) is 6.39. The molecular formula is C24H27Cl2N7O4. The molecule has 1 saturated heterocycles. The smallest absolute Gasteiger partial charge is 0.282 e. The van der Waals surface area contributed by atoms with Crippen LogP contribution in [0.3, 0.4) is 0 Å². The average molecular weight is 548 g/mol. The molecule has 3 aromatic rings. The molecule has 11 nitrogen and oxygen atoms in total. The molecule has 0 radical (unpaired) electrons. The maximum absolute atomic E-state index is 12.8. The van der Waals surface area contributed by atoms with Gasteiger partial charge in [-0.15, -0.1) is 0 Å². The van der Waals surface area contributed by atoms with Crippen molar-refractivity contribution >= 4 is 52.1 Å². The Labute approximate surface area is 224 Å². The molecule has 0 saturated carbocycles. The van der Waals surface area contributed by atoms with Crippen LogP contribution in [-0.2, 0) is 4.79 Å². The monoisotopic (exact) mass is 547 g/mol. The summed E-state index contributed by atoms with van der Waals surface area (Å²) in [4.78, 5) is 25.5. The second kappa shape index (κ2) is 11.9. The number of amides is 1. The topological polar surface area (TPSA) is 130 Å². The van der Waals surface area contributed by atoms with Gasteiger partial charge in [-0.2, -0.15) is 10.2 Å². The number of hydrogen-bond acceptors (Lipinski definition) is 9. The van der Waals surface area contributed by atoms with Crippen molar-refractivity contribution in [1.29, 1.82) is 0 Å². The quantitative estimate of drug-likeness (QED) is 0.236. The Morgan fingerprint density at radius 1 is 1.08 bits per heavy atom. The molecule has 0 spiro atoms. The van der Waals surface area contributed by atoms with Crippen molar-refractivity contribution in [2.24, 2.45) is 0 Å². The number of benzene rings is 1. The molecule has 1 atom stereocenters. The van der Waals surface area contributed by atoms with Crippen LogP contribution in [0, 0.1) is 5.21 Å². The molecule has 4 N–H and O–H groups in total. The molecule has 1 aliphatic heterocycles. The Balaban J connectivity index is 1.51.